The molecule has 0 amide bonds. The van der Waals surface area contributed by atoms with Crippen LogP contribution in [0, 0.1) is 0 Å². The van der Waals surface area contributed by atoms with Gasteiger partial charge in [-0.1, -0.05) is 0 Å². The zero-order chi connectivity index (χ0) is 16.2. The fraction of sp³-hybridized carbons (Fsp3) is 0.500. The van der Waals surface area contributed by atoms with E-state index in [9.17, 15) is 0 Å². The summed E-state index contributed by atoms with van der Waals surface area (Å²) in [5, 5.41) is 0. The topological polar surface area (TPSA) is 16.3 Å². The molecule has 0 spiro atoms. The highest BCUT2D eigenvalue weighted by Crippen LogP contribution is 2.24. The van der Waals surface area contributed by atoms with Crippen molar-refractivity contribution in [3.8, 4) is 0 Å². The van der Waals surface area contributed by atoms with E-state index in [1.54, 1.807) is 0 Å². The van der Waals surface area contributed by atoms with E-state index >= 15 is 0 Å². The summed E-state index contributed by atoms with van der Waals surface area (Å²) >= 11 is 0. The van der Waals surface area contributed by atoms with Crippen LogP contribution in [0.5, 0.6) is 0 Å². The smallest absolute Gasteiger partial charge is 0.0364 e. The zero-order valence-corrected chi connectivity index (χ0v) is 14.4. The van der Waals surface area contributed by atoms with Gasteiger partial charge in [0.2, 0.25) is 0 Å². The fourth-order valence-electron chi connectivity index (χ4n) is 4.04. The molecule has 2 aromatic heterocycles. The molecular formula is C20H28N4. The average molecular weight is 324 g/mol. The van der Waals surface area contributed by atoms with E-state index in [0.29, 0.717) is 12.1 Å². The van der Waals surface area contributed by atoms with E-state index in [0.717, 1.165) is 0 Å². The number of rotatable bonds is 4. The van der Waals surface area contributed by atoms with Crippen LogP contribution in [0.25, 0.3) is 0 Å². The molecule has 4 nitrogen and oxygen atoms in total. The normalized spacial score (nSPS) is 21.0. The van der Waals surface area contributed by atoms with E-state index in [4.69, 9.17) is 0 Å². The van der Waals surface area contributed by atoms with Crippen molar-refractivity contribution in [2.24, 2.45) is 0 Å². The molecule has 0 aromatic carbocycles. The maximum atomic E-state index is 2.48. The molecular weight excluding hydrogens is 296 g/mol. The minimum Gasteiger partial charge on any atom is -0.376 e. The molecule has 0 aliphatic carbocycles. The maximum absolute atomic E-state index is 2.48. The first kappa shape index (κ1) is 15.4. The molecule has 0 radical (unpaired) electrons. The SMILES string of the molecule is C(=CN1CCC(n2cccc2)CC1)N1CCC(n2cccc2)CC1. The molecule has 0 unspecified atom stereocenters. The lowest BCUT2D eigenvalue weighted by molar-refractivity contribution is 0.224. The molecule has 4 heterocycles. The summed E-state index contributed by atoms with van der Waals surface area (Å²) in [5.41, 5.74) is 0. The molecule has 2 fully saturated rings. The number of hydrogen-bond donors (Lipinski definition) is 0. The van der Waals surface area contributed by atoms with Gasteiger partial charge in [0.25, 0.3) is 0 Å². The largest absolute Gasteiger partial charge is 0.376 e. The van der Waals surface area contributed by atoms with Crippen LogP contribution < -0.4 is 0 Å². The first-order chi connectivity index (χ1) is 11.9. The molecule has 4 rings (SSSR count). The van der Waals surface area contributed by atoms with E-state index in [-0.39, 0.29) is 0 Å². The predicted molar refractivity (Wildman–Crippen MR) is 97.7 cm³/mol. The Morgan fingerprint density at radius 2 is 0.875 bits per heavy atom. The third kappa shape index (κ3) is 3.53. The number of hydrogen-bond acceptors (Lipinski definition) is 2. The van der Waals surface area contributed by atoms with Crippen LogP contribution in [0.4, 0.5) is 0 Å². The Labute approximate surface area is 145 Å². The lowest BCUT2D eigenvalue weighted by atomic mass is 10.0. The minimum absolute atomic E-state index is 0.682. The first-order valence-electron chi connectivity index (χ1n) is 9.30. The summed E-state index contributed by atoms with van der Waals surface area (Å²) in [5.74, 6) is 0. The summed E-state index contributed by atoms with van der Waals surface area (Å²) in [4.78, 5) is 4.97. The number of piperidine rings is 2. The molecule has 4 heteroatoms. The van der Waals surface area contributed by atoms with Crippen molar-refractivity contribution in [3.63, 3.8) is 0 Å². The lowest BCUT2D eigenvalue weighted by Crippen LogP contribution is -2.33. The van der Waals surface area contributed by atoms with Crippen LogP contribution in [0.1, 0.15) is 37.8 Å². The number of aromatic nitrogens is 2. The average Bonchev–Trinajstić information content (AvgIpc) is 3.34. The molecule has 24 heavy (non-hydrogen) atoms. The van der Waals surface area contributed by atoms with Gasteiger partial charge < -0.3 is 18.9 Å². The summed E-state index contributed by atoms with van der Waals surface area (Å²) in [6.45, 7) is 4.66. The molecule has 128 valence electrons. The second-order valence-corrected chi connectivity index (χ2v) is 7.09. The molecule has 2 aromatic rings. The Morgan fingerprint density at radius 1 is 0.542 bits per heavy atom. The Kier molecular flexibility index (Phi) is 4.63. The van der Waals surface area contributed by atoms with Gasteiger partial charge in [-0.05, 0) is 49.9 Å². The molecule has 0 saturated carbocycles. The summed E-state index contributed by atoms with van der Waals surface area (Å²) < 4.78 is 4.74. The third-order valence-corrected chi connectivity index (χ3v) is 5.58. The van der Waals surface area contributed by atoms with Gasteiger partial charge >= 0.3 is 0 Å². The van der Waals surface area contributed by atoms with Crippen LogP contribution >= 0.6 is 0 Å². The van der Waals surface area contributed by atoms with Crippen molar-refractivity contribution in [2.45, 2.75) is 37.8 Å². The van der Waals surface area contributed by atoms with Gasteiger partial charge in [-0.2, -0.15) is 0 Å². The van der Waals surface area contributed by atoms with Crippen molar-refractivity contribution in [3.05, 3.63) is 61.5 Å². The Bertz CT molecular complexity index is 556. The van der Waals surface area contributed by atoms with E-state index in [1.165, 1.54) is 51.9 Å². The fourth-order valence-corrected chi connectivity index (χ4v) is 4.04. The van der Waals surface area contributed by atoms with Gasteiger partial charge in [0.05, 0.1) is 0 Å². The first-order valence-corrected chi connectivity index (χ1v) is 9.30. The van der Waals surface area contributed by atoms with Crippen molar-refractivity contribution < 1.29 is 0 Å². The highest BCUT2D eigenvalue weighted by Gasteiger charge is 2.19. The molecule has 2 saturated heterocycles. The monoisotopic (exact) mass is 324 g/mol. The standard InChI is InChI=1S/C20H28N4/c1-2-10-23(9-1)19-5-13-21(14-6-19)17-18-22-15-7-20(8-16-22)24-11-3-4-12-24/h1-4,9-12,17-20H,5-8,13-16H2. The summed E-state index contributed by atoms with van der Waals surface area (Å²) in [6.07, 6.45) is 18.4. The van der Waals surface area contributed by atoms with Crippen LogP contribution in [0.15, 0.2) is 61.5 Å². The quantitative estimate of drug-likeness (QED) is 0.852. The summed E-state index contributed by atoms with van der Waals surface area (Å²) in [7, 11) is 0. The van der Waals surface area contributed by atoms with Gasteiger partial charge in [-0.3, -0.25) is 0 Å². The molecule has 0 atom stereocenters. The zero-order valence-electron chi connectivity index (χ0n) is 14.4. The van der Waals surface area contributed by atoms with Gasteiger partial charge in [0.1, 0.15) is 0 Å². The van der Waals surface area contributed by atoms with Crippen LogP contribution in [0.3, 0.4) is 0 Å². The second-order valence-electron chi connectivity index (χ2n) is 7.09. The maximum Gasteiger partial charge on any atom is 0.0364 e. The number of likely N-dealkylation sites (tertiary alicyclic amines) is 2. The van der Waals surface area contributed by atoms with Crippen molar-refractivity contribution >= 4 is 0 Å². The summed E-state index contributed by atoms with van der Waals surface area (Å²) in [6, 6.07) is 9.88. The van der Waals surface area contributed by atoms with Crippen molar-refractivity contribution in [2.75, 3.05) is 26.2 Å². The highest BCUT2D eigenvalue weighted by atomic mass is 15.2. The van der Waals surface area contributed by atoms with Crippen LogP contribution in [-0.2, 0) is 0 Å². The highest BCUT2D eigenvalue weighted by molar-refractivity contribution is 4.97. The third-order valence-electron chi connectivity index (χ3n) is 5.58. The van der Waals surface area contributed by atoms with Gasteiger partial charge in [-0.25, -0.2) is 0 Å². The van der Waals surface area contributed by atoms with Gasteiger partial charge in [0, 0.05) is 75.4 Å². The second kappa shape index (κ2) is 7.20. The predicted octanol–water partition coefficient (Wildman–Crippen LogP) is 3.73. The van der Waals surface area contributed by atoms with Crippen LogP contribution in [-0.4, -0.2) is 45.1 Å². The van der Waals surface area contributed by atoms with Gasteiger partial charge in [-0.15, -0.1) is 0 Å². The number of nitrogens with zero attached hydrogens (tertiary/aromatic N) is 4. The molecule has 0 N–H and O–H groups in total. The van der Waals surface area contributed by atoms with Crippen molar-refractivity contribution in [1.29, 1.82) is 0 Å². The van der Waals surface area contributed by atoms with E-state index < -0.39 is 0 Å². The minimum atomic E-state index is 0.682. The van der Waals surface area contributed by atoms with Crippen LogP contribution in [0.2, 0.25) is 0 Å². The Hall–Kier alpha value is -2.10. The molecule has 0 bridgehead atoms. The van der Waals surface area contributed by atoms with E-state index in [2.05, 4.69) is 80.4 Å². The molecule has 2 aliphatic rings. The molecule has 2 aliphatic heterocycles. The lowest BCUT2D eigenvalue weighted by Gasteiger charge is -2.34. The van der Waals surface area contributed by atoms with Gasteiger partial charge in [0.15, 0.2) is 0 Å². The van der Waals surface area contributed by atoms with Crippen molar-refractivity contribution in [1.82, 2.24) is 18.9 Å². The van der Waals surface area contributed by atoms with E-state index in [1.807, 2.05) is 0 Å². The Balaban J connectivity index is 1.22. The Morgan fingerprint density at radius 3 is 1.21 bits per heavy atom.